The van der Waals surface area contributed by atoms with Crippen molar-refractivity contribution >= 4 is 0 Å². The van der Waals surface area contributed by atoms with Gasteiger partial charge < -0.3 is 0 Å². The molecule has 0 aliphatic carbocycles. The number of benzene rings is 2. The summed E-state index contributed by atoms with van der Waals surface area (Å²) in [5.41, 5.74) is 0.989. The lowest BCUT2D eigenvalue weighted by atomic mass is 9.69. The molecule has 4 heteroatoms. The van der Waals surface area contributed by atoms with Crippen LogP contribution in [0, 0.1) is 28.9 Å². The van der Waals surface area contributed by atoms with Gasteiger partial charge in [0.25, 0.3) is 0 Å². The van der Waals surface area contributed by atoms with Crippen LogP contribution in [0.5, 0.6) is 0 Å². The summed E-state index contributed by atoms with van der Waals surface area (Å²) >= 11 is 0. The van der Waals surface area contributed by atoms with Crippen molar-refractivity contribution in [2.24, 2.45) is 5.92 Å². The van der Waals surface area contributed by atoms with Crippen molar-refractivity contribution in [3.63, 3.8) is 0 Å². The van der Waals surface area contributed by atoms with Crippen molar-refractivity contribution in [2.45, 2.75) is 65.0 Å². The van der Waals surface area contributed by atoms with Crippen LogP contribution in [0.15, 0.2) is 48.5 Å². The van der Waals surface area contributed by atoms with Crippen LogP contribution >= 0.6 is 0 Å². The summed E-state index contributed by atoms with van der Waals surface area (Å²) in [4.78, 5) is 2.43. The summed E-state index contributed by atoms with van der Waals surface area (Å²) in [6, 6.07) is 17.0. The monoisotopic (exact) mass is 398 g/mol. The van der Waals surface area contributed by atoms with Crippen LogP contribution in [0.3, 0.4) is 0 Å². The highest BCUT2D eigenvalue weighted by atomic mass is 19.2. The summed E-state index contributed by atoms with van der Waals surface area (Å²) < 4.78 is 27.3. The highest BCUT2D eigenvalue weighted by Gasteiger charge is 2.37. The summed E-state index contributed by atoms with van der Waals surface area (Å²) in [6.07, 6.45) is 2.45. The van der Waals surface area contributed by atoms with E-state index in [4.69, 9.17) is 0 Å². The van der Waals surface area contributed by atoms with E-state index in [9.17, 15) is 14.0 Å². The Labute approximate surface area is 174 Å². The van der Waals surface area contributed by atoms with Gasteiger partial charge in [-0.25, -0.2) is 8.78 Å². The Morgan fingerprint density at radius 3 is 2.28 bits per heavy atom. The SMILES string of the molecule is CCCN(Cc1ccccc1)C(C)CCC(C#N)(c1ccc(F)c(F)c1)C(C)C. The fourth-order valence-corrected chi connectivity index (χ4v) is 3.97. The van der Waals surface area contributed by atoms with Gasteiger partial charge in [-0.05, 0) is 61.9 Å². The van der Waals surface area contributed by atoms with Crippen LogP contribution in [-0.4, -0.2) is 17.5 Å². The third-order valence-corrected chi connectivity index (χ3v) is 5.94. The number of nitriles is 1. The number of rotatable bonds is 10. The first-order valence-corrected chi connectivity index (χ1v) is 10.5. The fraction of sp³-hybridized carbons (Fsp3) is 0.480. The van der Waals surface area contributed by atoms with Gasteiger partial charge in [-0.3, -0.25) is 4.90 Å². The summed E-state index contributed by atoms with van der Waals surface area (Å²) in [5.74, 6) is -1.79. The largest absolute Gasteiger partial charge is 0.296 e. The Morgan fingerprint density at radius 2 is 1.72 bits per heavy atom. The Morgan fingerprint density at radius 1 is 1.03 bits per heavy atom. The van der Waals surface area contributed by atoms with E-state index in [1.54, 1.807) is 6.07 Å². The normalized spacial score (nSPS) is 14.6. The fourth-order valence-electron chi connectivity index (χ4n) is 3.97. The quantitative estimate of drug-likeness (QED) is 0.459. The van der Waals surface area contributed by atoms with Gasteiger partial charge in [0.15, 0.2) is 11.6 Å². The molecule has 0 N–H and O–H groups in total. The minimum absolute atomic E-state index is 0.0155. The van der Waals surface area contributed by atoms with Crippen molar-refractivity contribution in [1.82, 2.24) is 4.90 Å². The molecule has 0 radical (unpaired) electrons. The van der Waals surface area contributed by atoms with Gasteiger partial charge in [-0.15, -0.1) is 0 Å². The minimum Gasteiger partial charge on any atom is -0.296 e. The Bertz CT molecular complexity index is 813. The van der Waals surface area contributed by atoms with Gasteiger partial charge >= 0.3 is 0 Å². The second-order valence-electron chi connectivity index (χ2n) is 8.21. The molecule has 29 heavy (non-hydrogen) atoms. The maximum Gasteiger partial charge on any atom is 0.159 e. The molecule has 2 aromatic carbocycles. The van der Waals surface area contributed by atoms with Gasteiger partial charge in [-0.1, -0.05) is 57.2 Å². The zero-order valence-corrected chi connectivity index (χ0v) is 18.0. The predicted octanol–water partition coefficient (Wildman–Crippen LogP) is 6.46. The van der Waals surface area contributed by atoms with Crippen LogP contribution in [0.4, 0.5) is 8.78 Å². The van der Waals surface area contributed by atoms with Crippen LogP contribution in [0.2, 0.25) is 0 Å². The van der Waals surface area contributed by atoms with Gasteiger partial charge in [-0.2, -0.15) is 5.26 Å². The van der Waals surface area contributed by atoms with Crippen molar-refractivity contribution < 1.29 is 8.78 Å². The van der Waals surface area contributed by atoms with Gasteiger partial charge in [0, 0.05) is 12.6 Å². The molecular formula is C25H32F2N2. The van der Waals surface area contributed by atoms with Gasteiger partial charge in [0.2, 0.25) is 0 Å². The average molecular weight is 399 g/mol. The predicted molar refractivity (Wildman–Crippen MR) is 114 cm³/mol. The molecule has 0 fully saturated rings. The van der Waals surface area contributed by atoms with E-state index in [-0.39, 0.29) is 12.0 Å². The summed E-state index contributed by atoms with van der Waals surface area (Å²) in [5, 5.41) is 10.1. The Hall–Kier alpha value is -2.25. The first-order chi connectivity index (χ1) is 13.8. The average Bonchev–Trinajstić information content (AvgIpc) is 2.71. The van der Waals surface area contributed by atoms with E-state index in [2.05, 4.69) is 36.9 Å². The standard InChI is InChI=1S/C25H32F2N2/c1-5-15-29(17-21-9-7-6-8-10-21)20(4)13-14-25(18-28,19(2)3)22-11-12-23(26)24(27)16-22/h6-12,16,19-20H,5,13-15,17H2,1-4H3. The zero-order valence-electron chi connectivity index (χ0n) is 18.0. The molecule has 0 saturated carbocycles. The molecule has 0 spiro atoms. The van der Waals surface area contributed by atoms with Crippen molar-refractivity contribution in [2.75, 3.05) is 6.54 Å². The first-order valence-electron chi connectivity index (χ1n) is 10.5. The topological polar surface area (TPSA) is 27.0 Å². The molecule has 0 bridgehead atoms. The third-order valence-electron chi connectivity index (χ3n) is 5.94. The molecule has 0 aliphatic heterocycles. The second kappa shape index (κ2) is 10.5. The molecule has 2 aromatic rings. The van der Waals surface area contributed by atoms with Gasteiger partial charge in [0.05, 0.1) is 11.5 Å². The molecule has 0 saturated heterocycles. The smallest absolute Gasteiger partial charge is 0.159 e. The van der Waals surface area contributed by atoms with Crippen molar-refractivity contribution in [1.29, 1.82) is 5.26 Å². The molecule has 2 unspecified atom stereocenters. The lowest BCUT2D eigenvalue weighted by molar-refractivity contribution is 0.177. The Kier molecular flexibility index (Phi) is 8.34. The number of halogens is 2. The molecule has 0 heterocycles. The number of hydrogen-bond donors (Lipinski definition) is 0. The molecule has 156 valence electrons. The van der Waals surface area contributed by atoms with Crippen LogP contribution in [-0.2, 0) is 12.0 Å². The minimum atomic E-state index is -0.896. The molecule has 2 atom stereocenters. The maximum atomic E-state index is 13.9. The molecule has 2 nitrogen and oxygen atoms in total. The molecule has 0 aromatic heterocycles. The molecular weight excluding hydrogens is 366 g/mol. The highest BCUT2D eigenvalue weighted by Crippen LogP contribution is 2.38. The van der Waals surface area contributed by atoms with E-state index < -0.39 is 17.0 Å². The van der Waals surface area contributed by atoms with Crippen LogP contribution in [0.25, 0.3) is 0 Å². The van der Waals surface area contributed by atoms with Crippen LogP contribution < -0.4 is 0 Å². The van der Waals surface area contributed by atoms with E-state index >= 15 is 0 Å². The number of hydrogen-bond acceptors (Lipinski definition) is 2. The number of nitrogens with zero attached hydrogens (tertiary/aromatic N) is 2. The van der Waals surface area contributed by atoms with Crippen molar-refractivity contribution in [3.8, 4) is 6.07 Å². The van der Waals surface area contributed by atoms with E-state index in [0.29, 0.717) is 12.0 Å². The second-order valence-corrected chi connectivity index (χ2v) is 8.21. The maximum absolute atomic E-state index is 13.9. The summed E-state index contributed by atoms with van der Waals surface area (Å²) in [7, 11) is 0. The zero-order chi connectivity index (χ0) is 21.4. The highest BCUT2D eigenvalue weighted by molar-refractivity contribution is 5.34. The Balaban J connectivity index is 2.20. The lowest BCUT2D eigenvalue weighted by Crippen LogP contribution is -2.37. The molecule has 2 rings (SSSR count). The first kappa shape index (κ1) is 23.0. The van der Waals surface area contributed by atoms with Crippen molar-refractivity contribution in [3.05, 3.63) is 71.3 Å². The molecule has 0 aliphatic rings. The third kappa shape index (κ3) is 5.64. The molecule has 0 amide bonds. The van der Waals surface area contributed by atoms with E-state index in [0.717, 1.165) is 32.0 Å². The lowest BCUT2D eigenvalue weighted by Gasteiger charge is -2.35. The van der Waals surface area contributed by atoms with E-state index in [1.165, 1.54) is 11.6 Å². The van der Waals surface area contributed by atoms with Gasteiger partial charge in [0.1, 0.15) is 0 Å². The van der Waals surface area contributed by atoms with Crippen LogP contribution in [0.1, 0.15) is 58.1 Å². The summed E-state index contributed by atoms with van der Waals surface area (Å²) in [6.45, 7) is 10.1. The van der Waals surface area contributed by atoms with E-state index in [1.807, 2.05) is 32.0 Å².